The maximum absolute atomic E-state index is 11.9. The van der Waals surface area contributed by atoms with Gasteiger partial charge in [0.05, 0.1) is 18.0 Å². The van der Waals surface area contributed by atoms with Gasteiger partial charge >= 0.3 is 0 Å². The van der Waals surface area contributed by atoms with Gasteiger partial charge in [0.1, 0.15) is 0 Å². The number of aryl methyl sites for hydroxylation is 1. The second kappa shape index (κ2) is 6.97. The molecule has 0 aliphatic rings. The Kier molecular flexibility index (Phi) is 5.27. The van der Waals surface area contributed by atoms with Gasteiger partial charge in [-0.15, -0.1) is 11.8 Å². The van der Waals surface area contributed by atoms with Gasteiger partial charge in [-0.3, -0.25) is 0 Å². The van der Waals surface area contributed by atoms with Crippen LogP contribution in [0.15, 0.2) is 39.8 Å². The molecule has 1 aromatic heterocycles. The largest absolute Gasteiger partial charge is 0.399 e. The molecule has 0 radical (unpaired) electrons. The molecular weight excluding hydrogens is 310 g/mol. The van der Waals surface area contributed by atoms with Crippen LogP contribution in [0.3, 0.4) is 0 Å². The molecule has 2 aromatic rings. The zero-order chi connectivity index (χ0) is 15.3. The zero-order valence-electron chi connectivity index (χ0n) is 11.6. The Labute approximate surface area is 128 Å². The smallest absolute Gasteiger partial charge is 0.212 e. The van der Waals surface area contributed by atoms with Crippen molar-refractivity contribution in [2.24, 2.45) is 0 Å². The van der Waals surface area contributed by atoms with Crippen molar-refractivity contribution in [2.45, 2.75) is 18.4 Å². The van der Waals surface area contributed by atoms with Crippen LogP contribution in [0, 0.1) is 6.92 Å². The molecule has 3 N–H and O–H groups in total. The van der Waals surface area contributed by atoms with E-state index in [4.69, 9.17) is 10.3 Å². The Morgan fingerprint density at radius 3 is 2.86 bits per heavy atom. The number of nitrogens with one attached hydrogen (secondary N) is 1. The fraction of sp³-hybridized carbons (Fsp3) is 0.308. The van der Waals surface area contributed by atoms with E-state index in [-0.39, 0.29) is 12.3 Å². The van der Waals surface area contributed by atoms with Crippen LogP contribution in [0.1, 0.15) is 11.5 Å². The molecule has 0 aliphatic carbocycles. The van der Waals surface area contributed by atoms with Crippen molar-refractivity contribution < 1.29 is 12.9 Å². The number of aromatic nitrogens is 1. The molecule has 8 heteroatoms. The normalized spacial score (nSPS) is 11.7. The summed E-state index contributed by atoms with van der Waals surface area (Å²) in [5, 5.41) is 3.70. The number of hydrogen-bond donors (Lipinski definition) is 2. The van der Waals surface area contributed by atoms with Crippen LogP contribution >= 0.6 is 11.8 Å². The Balaban J connectivity index is 1.78. The first-order valence-electron chi connectivity index (χ1n) is 6.32. The zero-order valence-corrected chi connectivity index (χ0v) is 13.2. The van der Waals surface area contributed by atoms with Crippen molar-refractivity contribution in [3.05, 3.63) is 41.8 Å². The molecule has 0 aliphatic heterocycles. The van der Waals surface area contributed by atoms with Crippen LogP contribution in [0.5, 0.6) is 0 Å². The number of rotatable bonds is 7. The molecule has 0 atom stereocenters. The van der Waals surface area contributed by atoms with Crippen LogP contribution in [0.2, 0.25) is 0 Å². The lowest BCUT2D eigenvalue weighted by Gasteiger charge is -2.05. The van der Waals surface area contributed by atoms with Gasteiger partial charge in [-0.25, -0.2) is 13.1 Å². The number of sulfonamides is 1. The van der Waals surface area contributed by atoms with Gasteiger partial charge in [0, 0.05) is 22.4 Å². The minimum atomic E-state index is -3.34. The highest BCUT2D eigenvalue weighted by Gasteiger charge is 2.11. The van der Waals surface area contributed by atoms with Crippen molar-refractivity contribution >= 4 is 27.5 Å². The minimum absolute atomic E-state index is 0.0274. The van der Waals surface area contributed by atoms with Gasteiger partial charge in [0.2, 0.25) is 10.0 Å². The van der Waals surface area contributed by atoms with Gasteiger partial charge in [0.25, 0.3) is 0 Å². The second-order valence-corrected chi connectivity index (χ2v) is 7.59. The summed E-state index contributed by atoms with van der Waals surface area (Å²) < 4.78 is 31.2. The molecule has 0 amide bonds. The second-order valence-electron chi connectivity index (χ2n) is 4.50. The van der Waals surface area contributed by atoms with Crippen molar-refractivity contribution in [1.29, 1.82) is 0 Å². The van der Waals surface area contributed by atoms with E-state index < -0.39 is 10.0 Å². The molecule has 1 aromatic carbocycles. The SMILES string of the molecule is Cc1cc(CNS(=O)(=O)CCSc2cccc(N)c2)on1. The Morgan fingerprint density at radius 1 is 1.38 bits per heavy atom. The van der Waals surface area contributed by atoms with Gasteiger partial charge in [-0.2, -0.15) is 0 Å². The summed E-state index contributed by atoms with van der Waals surface area (Å²) in [6, 6.07) is 9.06. The monoisotopic (exact) mass is 327 g/mol. The number of nitrogens with two attached hydrogens (primary N) is 1. The van der Waals surface area contributed by atoms with Crippen LogP contribution in [0.25, 0.3) is 0 Å². The molecule has 21 heavy (non-hydrogen) atoms. The molecule has 0 saturated heterocycles. The van der Waals surface area contributed by atoms with E-state index in [1.54, 1.807) is 19.1 Å². The van der Waals surface area contributed by atoms with Crippen LogP contribution < -0.4 is 10.5 Å². The first-order valence-corrected chi connectivity index (χ1v) is 8.96. The summed E-state index contributed by atoms with van der Waals surface area (Å²) in [5.41, 5.74) is 7.06. The van der Waals surface area contributed by atoms with Crippen LogP contribution in [0.4, 0.5) is 5.69 Å². The quantitative estimate of drug-likeness (QED) is 0.594. The highest BCUT2D eigenvalue weighted by molar-refractivity contribution is 8.00. The number of benzene rings is 1. The molecule has 0 saturated carbocycles. The molecule has 1 heterocycles. The van der Waals surface area contributed by atoms with E-state index >= 15 is 0 Å². The van der Waals surface area contributed by atoms with E-state index in [0.717, 1.165) is 10.6 Å². The number of thioether (sulfide) groups is 1. The van der Waals surface area contributed by atoms with Crippen molar-refractivity contribution in [2.75, 3.05) is 17.2 Å². The summed E-state index contributed by atoms with van der Waals surface area (Å²) in [7, 11) is -3.34. The fourth-order valence-corrected chi connectivity index (χ4v) is 3.97. The third-order valence-electron chi connectivity index (χ3n) is 2.62. The van der Waals surface area contributed by atoms with Crippen LogP contribution in [-0.4, -0.2) is 25.1 Å². The van der Waals surface area contributed by atoms with Crippen molar-refractivity contribution in [3.63, 3.8) is 0 Å². The number of hydrogen-bond acceptors (Lipinski definition) is 6. The van der Waals surface area contributed by atoms with E-state index in [1.165, 1.54) is 11.8 Å². The number of nitrogens with zero attached hydrogens (tertiary/aromatic N) is 1. The van der Waals surface area contributed by atoms with E-state index in [0.29, 0.717) is 17.2 Å². The van der Waals surface area contributed by atoms with E-state index in [9.17, 15) is 8.42 Å². The van der Waals surface area contributed by atoms with Crippen molar-refractivity contribution in [3.8, 4) is 0 Å². The van der Waals surface area contributed by atoms with Crippen LogP contribution in [-0.2, 0) is 16.6 Å². The minimum Gasteiger partial charge on any atom is -0.399 e. The highest BCUT2D eigenvalue weighted by atomic mass is 32.2. The molecule has 0 spiro atoms. The molecule has 0 bridgehead atoms. The van der Waals surface area contributed by atoms with E-state index in [1.807, 2.05) is 18.2 Å². The summed E-state index contributed by atoms with van der Waals surface area (Å²) in [6.45, 7) is 1.90. The molecule has 0 unspecified atom stereocenters. The molecule has 0 fully saturated rings. The Hall–Kier alpha value is -1.51. The summed E-state index contributed by atoms with van der Waals surface area (Å²) in [6.07, 6.45) is 0. The number of nitrogen functional groups attached to an aromatic ring is 1. The molecule has 114 valence electrons. The lowest BCUT2D eigenvalue weighted by molar-refractivity contribution is 0.377. The summed E-state index contributed by atoms with van der Waals surface area (Å²) in [4.78, 5) is 0.955. The first-order chi connectivity index (χ1) is 9.94. The first kappa shape index (κ1) is 15.9. The predicted octanol–water partition coefficient (Wildman–Crippen LogP) is 1.78. The molecule has 2 rings (SSSR count). The lowest BCUT2D eigenvalue weighted by atomic mass is 10.3. The Morgan fingerprint density at radius 2 is 2.19 bits per heavy atom. The summed E-state index contributed by atoms with van der Waals surface area (Å²) >= 11 is 1.45. The maximum Gasteiger partial charge on any atom is 0.212 e. The van der Waals surface area contributed by atoms with Crippen molar-refractivity contribution in [1.82, 2.24) is 9.88 Å². The van der Waals surface area contributed by atoms with Gasteiger partial charge < -0.3 is 10.3 Å². The molecule has 6 nitrogen and oxygen atoms in total. The summed E-state index contributed by atoms with van der Waals surface area (Å²) in [5.74, 6) is 0.980. The van der Waals surface area contributed by atoms with Gasteiger partial charge in [-0.1, -0.05) is 11.2 Å². The van der Waals surface area contributed by atoms with Gasteiger partial charge in [0.15, 0.2) is 5.76 Å². The average molecular weight is 327 g/mol. The fourth-order valence-electron chi connectivity index (χ4n) is 1.63. The predicted molar refractivity (Wildman–Crippen MR) is 83.4 cm³/mol. The lowest BCUT2D eigenvalue weighted by Crippen LogP contribution is -2.26. The third-order valence-corrected chi connectivity index (χ3v) is 5.20. The highest BCUT2D eigenvalue weighted by Crippen LogP contribution is 2.20. The third kappa shape index (κ3) is 5.41. The van der Waals surface area contributed by atoms with E-state index in [2.05, 4.69) is 9.88 Å². The standard InChI is InChI=1S/C13H17N3O3S2/c1-10-7-12(19-16-10)9-15-21(17,18)6-5-20-13-4-2-3-11(14)8-13/h2-4,7-8,15H,5-6,9,14H2,1H3. The molecular formula is C13H17N3O3S2. The van der Waals surface area contributed by atoms with Gasteiger partial charge in [-0.05, 0) is 25.1 Å². The average Bonchev–Trinajstić information content (AvgIpc) is 2.82. The topological polar surface area (TPSA) is 98.2 Å². The number of anilines is 1. The Bertz CT molecular complexity index is 698. The maximum atomic E-state index is 11.9.